The van der Waals surface area contributed by atoms with Gasteiger partial charge in [-0.3, -0.25) is 0 Å². The van der Waals surface area contributed by atoms with Crippen LogP contribution in [0.4, 0.5) is 0 Å². The summed E-state index contributed by atoms with van der Waals surface area (Å²) in [6.07, 6.45) is 0. The van der Waals surface area contributed by atoms with E-state index in [-0.39, 0.29) is 0 Å². The van der Waals surface area contributed by atoms with Gasteiger partial charge >= 0.3 is 0 Å². The van der Waals surface area contributed by atoms with Gasteiger partial charge in [-0.15, -0.1) is 0 Å². The highest BCUT2D eigenvalue weighted by molar-refractivity contribution is 6.39. The second kappa shape index (κ2) is 9.29. The van der Waals surface area contributed by atoms with Crippen molar-refractivity contribution in [3.8, 4) is 22.3 Å². The van der Waals surface area contributed by atoms with Crippen molar-refractivity contribution in [1.82, 2.24) is 0 Å². The Labute approximate surface area is 246 Å². The van der Waals surface area contributed by atoms with Crippen molar-refractivity contribution >= 4 is 53.9 Å². The van der Waals surface area contributed by atoms with Gasteiger partial charge < -0.3 is 0 Å². The van der Waals surface area contributed by atoms with Crippen molar-refractivity contribution in [3.63, 3.8) is 0 Å². The maximum absolute atomic E-state index is 2.44. The molecule has 42 heavy (non-hydrogen) atoms. The van der Waals surface area contributed by atoms with Crippen molar-refractivity contribution in [2.75, 3.05) is 0 Å². The van der Waals surface area contributed by atoms with Gasteiger partial charge in [0.2, 0.25) is 0 Å². The molecule has 0 unspecified atom stereocenters. The van der Waals surface area contributed by atoms with E-state index in [4.69, 9.17) is 0 Å². The van der Waals surface area contributed by atoms with E-state index >= 15 is 0 Å². The van der Waals surface area contributed by atoms with Crippen LogP contribution < -0.4 is 0 Å². The molecule has 200 valence electrons. The first-order valence-electron chi connectivity index (χ1n) is 14.9. The van der Waals surface area contributed by atoms with E-state index in [9.17, 15) is 0 Å². The summed E-state index contributed by atoms with van der Waals surface area (Å²) >= 11 is 0. The molecule has 0 radical (unpaired) electrons. The summed E-state index contributed by atoms with van der Waals surface area (Å²) in [7, 11) is 0. The molecule has 8 aromatic carbocycles. The largest absolute Gasteiger partial charge is 0.0616 e. The molecule has 0 aromatic heterocycles. The minimum absolute atomic E-state index is 1.27. The van der Waals surface area contributed by atoms with Gasteiger partial charge in [-0.25, -0.2) is 0 Å². The van der Waals surface area contributed by atoms with Gasteiger partial charge in [-0.2, -0.15) is 0 Å². The smallest absolute Gasteiger partial charge is 0.00137 e. The molecule has 0 fully saturated rings. The van der Waals surface area contributed by atoms with E-state index in [2.05, 4.69) is 149 Å². The van der Waals surface area contributed by atoms with Crippen molar-refractivity contribution in [2.24, 2.45) is 0 Å². The van der Waals surface area contributed by atoms with Crippen LogP contribution in [0.3, 0.4) is 0 Å². The fraction of sp³-hybridized carbons (Fsp3) is 0.0952. The zero-order chi connectivity index (χ0) is 28.5. The summed E-state index contributed by atoms with van der Waals surface area (Å²) < 4.78 is 0. The maximum atomic E-state index is 2.44. The third-order valence-electron chi connectivity index (χ3n) is 9.19. The van der Waals surface area contributed by atoms with Gasteiger partial charge in [-0.1, -0.05) is 120 Å². The summed E-state index contributed by atoms with van der Waals surface area (Å²) in [5.41, 5.74) is 10.4. The first kappa shape index (κ1) is 24.8. The average Bonchev–Trinajstić information content (AvgIpc) is 3.00. The Bertz CT molecular complexity index is 2220. The summed E-state index contributed by atoms with van der Waals surface area (Å²) in [4.78, 5) is 0. The van der Waals surface area contributed by atoms with E-state index in [0.29, 0.717) is 0 Å². The lowest BCUT2D eigenvalue weighted by Gasteiger charge is -2.18. The molecule has 0 heteroatoms. The molecule has 8 rings (SSSR count). The third kappa shape index (κ3) is 3.68. The molecule has 0 aliphatic rings. The Balaban J connectivity index is 1.59. The zero-order valence-electron chi connectivity index (χ0n) is 24.5. The lowest BCUT2D eigenvalue weighted by molar-refractivity contribution is 1.38. The number of rotatable bonds is 2. The van der Waals surface area contributed by atoms with Crippen LogP contribution in [0.25, 0.3) is 76.1 Å². The Kier molecular flexibility index (Phi) is 5.49. The van der Waals surface area contributed by atoms with E-state index in [1.54, 1.807) is 0 Å². The summed E-state index contributed by atoms with van der Waals surface area (Å²) in [5, 5.41) is 13.2. The molecule has 0 heterocycles. The summed E-state index contributed by atoms with van der Waals surface area (Å²) in [6.45, 7) is 8.78. The normalized spacial score (nSPS) is 11.8. The molecule has 0 aliphatic heterocycles. The molecule has 0 spiro atoms. The second-order valence-corrected chi connectivity index (χ2v) is 12.0. The van der Waals surface area contributed by atoms with Crippen LogP contribution in [0.2, 0.25) is 0 Å². The van der Waals surface area contributed by atoms with E-state index in [0.717, 1.165) is 0 Å². The minimum atomic E-state index is 1.27. The zero-order valence-corrected chi connectivity index (χ0v) is 24.5. The van der Waals surface area contributed by atoms with Crippen LogP contribution in [0.1, 0.15) is 22.3 Å². The fourth-order valence-electron chi connectivity index (χ4n) is 7.28. The molecule has 0 saturated heterocycles. The standard InChI is InChI=1S/C42H32/c1-25-13-17-31(27(3)21-25)29-15-19-35-36-20-16-30(32-18-14-26(2)22-28(32)4)24-40(36)42-38-12-8-6-10-34(38)33-9-5-7-11-37(33)41(42)39(35)23-29/h5-24H,1-4H3. The first-order chi connectivity index (χ1) is 20.5. The van der Waals surface area contributed by atoms with E-state index in [1.165, 1.54) is 98.4 Å². The molecular formula is C42H32. The van der Waals surface area contributed by atoms with Crippen LogP contribution in [0.5, 0.6) is 0 Å². The maximum Gasteiger partial charge on any atom is -0.00137 e. The fourth-order valence-corrected chi connectivity index (χ4v) is 7.28. The molecule has 0 atom stereocenters. The Morgan fingerprint density at radius 1 is 0.310 bits per heavy atom. The van der Waals surface area contributed by atoms with Gasteiger partial charge in [0.25, 0.3) is 0 Å². The van der Waals surface area contributed by atoms with Crippen LogP contribution in [0.15, 0.2) is 121 Å². The van der Waals surface area contributed by atoms with Gasteiger partial charge in [0.15, 0.2) is 0 Å². The number of benzene rings is 8. The van der Waals surface area contributed by atoms with Crippen molar-refractivity contribution in [2.45, 2.75) is 27.7 Å². The van der Waals surface area contributed by atoms with Gasteiger partial charge in [0.1, 0.15) is 0 Å². The molecule has 8 aromatic rings. The highest BCUT2D eigenvalue weighted by Gasteiger charge is 2.17. The number of hydrogen-bond acceptors (Lipinski definition) is 0. The Morgan fingerprint density at radius 3 is 1.10 bits per heavy atom. The lowest BCUT2D eigenvalue weighted by atomic mass is 9.85. The lowest BCUT2D eigenvalue weighted by Crippen LogP contribution is -1.91. The van der Waals surface area contributed by atoms with Gasteiger partial charge in [0, 0.05) is 0 Å². The predicted molar refractivity (Wildman–Crippen MR) is 184 cm³/mol. The first-order valence-corrected chi connectivity index (χ1v) is 14.9. The monoisotopic (exact) mass is 536 g/mol. The summed E-state index contributed by atoms with van der Waals surface area (Å²) in [6, 6.07) is 45.7. The molecular weight excluding hydrogens is 504 g/mol. The third-order valence-corrected chi connectivity index (χ3v) is 9.19. The molecule has 0 aliphatic carbocycles. The number of fused-ring (bicyclic) bond motifs is 11. The molecule has 0 saturated carbocycles. The highest BCUT2D eigenvalue weighted by Crippen LogP contribution is 2.45. The Hall–Kier alpha value is -4.94. The number of hydrogen-bond donors (Lipinski definition) is 0. The van der Waals surface area contributed by atoms with Gasteiger partial charge in [0.05, 0.1) is 0 Å². The van der Waals surface area contributed by atoms with Crippen LogP contribution in [-0.2, 0) is 0 Å². The Morgan fingerprint density at radius 2 is 0.690 bits per heavy atom. The molecule has 0 nitrogen and oxygen atoms in total. The molecule has 0 N–H and O–H groups in total. The van der Waals surface area contributed by atoms with E-state index in [1.807, 2.05) is 0 Å². The topological polar surface area (TPSA) is 0 Å². The van der Waals surface area contributed by atoms with Crippen LogP contribution >= 0.6 is 0 Å². The predicted octanol–water partition coefficient (Wildman–Crippen LogP) is 12.0. The highest BCUT2D eigenvalue weighted by atomic mass is 14.2. The van der Waals surface area contributed by atoms with Gasteiger partial charge in [-0.05, 0) is 127 Å². The van der Waals surface area contributed by atoms with Crippen LogP contribution in [-0.4, -0.2) is 0 Å². The second-order valence-electron chi connectivity index (χ2n) is 12.0. The van der Waals surface area contributed by atoms with Crippen molar-refractivity contribution in [1.29, 1.82) is 0 Å². The molecule has 0 bridgehead atoms. The minimum Gasteiger partial charge on any atom is -0.0616 e. The summed E-state index contributed by atoms with van der Waals surface area (Å²) in [5.74, 6) is 0. The van der Waals surface area contributed by atoms with Crippen molar-refractivity contribution in [3.05, 3.63) is 144 Å². The number of aryl methyl sites for hydroxylation is 4. The van der Waals surface area contributed by atoms with E-state index < -0.39 is 0 Å². The SMILES string of the molecule is Cc1ccc(-c2ccc3c4ccc(-c5ccc(C)cc5C)cc4c4c5ccccc5c5ccccc5c4c3c2)c(C)c1. The average molecular weight is 537 g/mol. The quantitative estimate of drug-likeness (QED) is 0.193. The van der Waals surface area contributed by atoms with Crippen LogP contribution in [0, 0.1) is 27.7 Å². The van der Waals surface area contributed by atoms with Crippen molar-refractivity contribution < 1.29 is 0 Å². The molecule has 0 amide bonds.